The van der Waals surface area contributed by atoms with Gasteiger partial charge in [-0.15, -0.1) is 0 Å². The van der Waals surface area contributed by atoms with E-state index in [9.17, 15) is 17.6 Å². The Hall–Kier alpha value is -3.16. The van der Waals surface area contributed by atoms with Crippen LogP contribution in [0.2, 0.25) is 0 Å². The summed E-state index contributed by atoms with van der Waals surface area (Å²) in [6.07, 6.45) is -3.10. The van der Waals surface area contributed by atoms with Crippen molar-refractivity contribution in [2.75, 3.05) is 10.6 Å². The number of alkyl halides is 3. The highest BCUT2D eigenvalue weighted by Crippen LogP contribution is 2.35. The predicted molar refractivity (Wildman–Crippen MR) is 86.4 cm³/mol. The average molecular weight is 348 g/mol. The fraction of sp³-hybridized carbons (Fsp3) is 0.0588. The van der Waals surface area contributed by atoms with Crippen molar-refractivity contribution >= 4 is 23.1 Å². The van der Waals surface area contributed by atoms with Gasteiger partial charge in [0.1, 0.15) is 11.6 Å². The molecular formula is C17H12F4N4. The molecule has 1 aromatic heterocycles. The highest BCUT2D eigenvalue weighted by molar-refractivity contribution is 5.63. The van der Waals surface area contributed by atoms with Crippen molar-refractivity contribution in [3.63, 3.8) is 0 Å². The van der Waals surface area contributed by atoms with E-state index in [-0.39, 0.29) is 17.5 Å². The second-order valence-electron chi connectivity index (χ2n) is 5.07. The molecule has 0 fully saturated rings. The maximum Gasteiger partial charge on any atom is 0.418 e. The number of hydrogen-bond donors (Lipinski definition) is 2. The van der Waals surface area contributed by atoms with Gasteiger partial charge in [-0.25, -0.2) is 9.37 Å². The molecule has 25 heavy (non-hydrogen) atoms. The number of nitrogens with one attached hydrogen (secondary N) is 2. The summed E-state index contributed by atoms with van der Waals surface area (Å²) in [6, 6.07) is 12.2. The molecule has 128 valence electrons. The van der Waals surface area contributed by atoms with Gasteiger partial charge in [0, 0.05) is 11.9 Å². The Bertz CT molecular complexity index is 880. The van der Waals surface area contributed by atoms with Crippen LogP contribution in [-0.4, -0.2) is 9.97 Å². The minimum absolute atomic E-state index is 0.120. The average Bonchev–Trinajstić information content (AvgIpc) is 2.55. The molecule has 8 heteroatoms. The Balaban J connectivity index is 1.83. The molecule has 3 aromatic rings. The molecule has 0 aliphatic rings. The number of hydrogen-bond acceptors (Lipinski definition) is 4. The van der Waals surface area contributed by atoms with Crippen LogP contribution in [0.25, 0.3) is 0 Å². The molecule has 0 unspecified atom stereocenters. The summed E-state index contributed by atoms with van der Waals surface area (Å²) < 4.78 is 52.3. The van der Waals surface area contributed by atoms with Gasteiger partial charge in [0.2, 0.25) is 5.95 Å². The lowest BCUT2D eigenvalue weighted by molar-refractivity contribution is -0.136. The second-order valence-corrected chi connectivity index (χ2v) is 5.07. The highest BCUT2D eigenvalue weighted by atomic mass is 19.4. The first-order valence-electron chi connectivity index (χ1n) is 7.21. The van der Waals surface area contributed by atoms with E-state index >= 15 is 0 Å². The summed E-state index contributed by atoms with van der Waals surface area (Å²) in [4.78, 5) is 8.06. The molecule has 0 spiro atoms. The molecule has 2 aromatic carbocycles. The molecule has 0 saturated carbocycles. The van der Waals surface area contributed by atoms with Crippen molar-refractivity contribution in [2.24, 2.45) is 0 Å². The lowest BCUT2D eigenvalue weighted by Gasteiger charge is -2.14. The molecule has 0 amide bonds. The van der Waals surface area contributed by atoms with Gasteiger partial charge in [-0.3, -0.25) is 0 Å². The first-order valence-corrected chi connectivity index (χ1v) is 7.21. The second kappa shape index (κ2) is 6.76. The molecule has 4 nitrogen and oxygen atoms in total. The molecule has 0 saturated heterocycles. The molecule has 0 atom stereocenters. The lowest BCUT2D eigenvalue weighted by atomic mass is 10.1. The largest absolute Gasteiger partial charge is 0.418 e. The summed E-state index contributed by atoms with van der Waals surface area (Å²) in [5, 5.41) is 5.42. The number of rotatable bonds is 4. The van der Waals surface area contributed by atoms with Crippen LogP contribution in [0.5, 0.6) is 0 Å². The van der Waals surface area contributed by atoms with Gasteiger partial charge in [-0.2, -0.15) is 18.2 Å². The zero-order chi connectivity index (χ0) is 17.9. The third-order valence-electron chi connectivity index (χ3n) is 3.23. The van der Waals surface area contributed by atoms with Crippen molar-refractivity contribution < 1.29 is 17.6 Å². The Kier molecular flexibility index (Phi) is 4.51. The number of halogens is 4. The van der Waals surface area contributed by atoms with E-state index < -0.39 is 17.6 Å². The normalized spacial score (nSPS) is 11.2. The minimum Gasteiger partial charge on any atom is -0.340 e. The van der Waals surface area contributed by atoms with E-state index in [1.807, 2.05) is 0 Å². The van der Waals surface area contributed by atoms with E-state index in [1.165, 1.54) is 48.7 Å². The van der Waals surface area contributed by atoms with Gasteiger partial charge in [0.25, 0.3) is 0 Å². The molecule has 0 radical (unpaired) electrons. The fourth-order valence-corrected chi connectivity index (χ4v) is 2.16. The first kappa shape index (κ1) is 16.7. The standard InChI is InChI=1S/C17H12F4N4/c18-11-4-3-5-12(10-11)23-16-22-9-8-15(25-16)24-14-7-2-1-6-13(14)17(19,20)21/h1-10H,(H2,22,23,24,25). The maximum absolute atomic E-state index is 13.2. The van der Waals surface area contributed by atoms with Crippen LogP contribution in [-0.2, 0) is 6.18 Å². The Labute approximate surface area is 140 Å². The number of para-hydroxylation sites is 1. The quantitative estimate of drug-likeness (QED) is 0.643. The van der Waals surface area contributed by atoms with E-state index in [2.05, 4.69) is 20.6 Å². The number of anilines is 4. The van der Waals surface area contributed by atoms with Crippen LogP contribution >= 0.6 is 0 Å². The van der Waals surface area contributed by atoms with Crippen molar-refractivity contribution in [3.8, 4) is 0 Å². The number of aromatic nitrogens is 2. The fourth-order valence-electron chi connectivity index (χ4n) is 2.16. The van der Waals surface area contributed by atoms with E-state index in [1.54, 1.807) is 6.07 Å². The minimum atomic E-state index is -4.49. The van der Waals surface area contributed by atoms with Crippen LogP contribution in [0.15, 0.2) is 60.8 Å². The predicted octanol–water partition coefficient (Wildman–Crippen LogP) is 5.12. The van der Waals surface area contributed by atoms with Crippen LogP contribution in [0, 0.1) is 5.82 Å². The molecule has 0 aliphatic heterocycles. The lowest BCUT2D eigenvalue weighted by Crippen LogP contribution is -2.09. The maximum atomic E-state index is 13.2. The molecular weight excluding hydrogens is 336 g/mol. The Morgan fingerprint density at radius 3 is 2.44 bits per heavy atom. The molecule has 0 aliphatic carbocycles. The SMILES string of the molecule is Fc1cccc(Nc2nccc(Nc3ccccc3C(F)(F)F)n2)c1. The number of benzene rings is 2. The summed E-state index contributed by atoms with van der Waals surface area (Å²) in [5.74, 6) is -0.135. The monoisotopic (exact) mass is 348 g/mol. The van der Waals surface area contributed by atoms with Crippen molar-refractivity contribution in [2.45, 2.75) is 6.18 Å². The van der Waals surface area contributed by atoms with Gasteiger partial charge in [0.15, 0.2) is 0 Å². The van der Waals surface area contributed by atoms with E-state index in [0.717, 1.165) is 6.07 Å². The first-order chi connectivity index (χ1) is 11.9. The van der Waals surface area contributed by atoms with Gasteiger partial charge in [-0.1, -0.05) is 18.2 Å². The smallest absolute Gasteiger partial charge is 0.340 e. The molecule has 3 rings (SSSR count). The van der Waals surface area contributed by atoms with E-state index in [4.69, 9.17) is 0 Å². The van der Waals surface area contributed by atoms with Crippen molar-refractivity contribution in [3.05, 3.63) is 72.2 Å². The van der Waals surface area contributed by atoms with Gasteiger partial charge in [0.05, 0.1) is 11.3 Å². The molecule has 1 heterocycles. The third kappa shape index (κ3) is 4.23. The zero-order valence-electron chi connectivity index (χ0n) is 12.7. The summed E-state index contributed by atoms with van der Waals surface area (Å²) in [7, 11) is 0. The van der Waals surface area contributed by atoms with Crippen LogP contribution in [0.3, 0.4) is 0 Å². The number of nitrogens with zero attached hydrogens (tertiary/aromatic N) is 2. The van der Waals surface area contributed by atoms with Gasteiger partial charge < -0.3 is 10.6 Å². The Morgan fingerprint density at radius 1 is 0.880 bits per heavy atom. The summed E-state index contributed by atoms with van der Waals surface area (Å²) >= 11 is 0. The topological polar surface area (TPSA) is 49.8 Å². The summed E-state index contributed by atoms with van der Waals surface area (Å²) in [5.41, 5.74) is -0.494. The third-order valence-corrected chi connectivity index (χ3v) is 3.23. The summed E-state index contributed by atoms with van der Waals surface area (Å²) in [6.45, 7) is 0. The molecule has 0 bridgehead atoms. The van der Waals surface area contributed by atoms with Crippen molar-refractivity contribution in [1.82, 2.24) is 9.97 Å². The van der Waals surface area contributed by atoms with Crippen LogP contribution < -0.4 is 10.6 Å². The van der Waals surface area contributed by atoms with Gasteiger partial charge in [-0.05, 0) is 36.4 Å². The van der Waals surface area contributed by atoms with Crippen LogP contribution in [0.4, 0.5) is 40.7 Å². The highest BCUT2D eigenvalue weighted by Gasteiger charge is 2.33. The van der Waals surface area contributed by atoms with Gasteiger partial charge >= 0.3 is 6.18 Å². The Morgan fingerprint density at radius 2 is 1.68 bits per heavy atom. The van der Waals surface area contributed by atoms with Crippen molar-refractivity contribution in [1.29, 1.82) is 0 Å². The van der Waals surface area contributed by atoms with E-state index in [0.29, 0.717) is 5.69 Å². The zero-order valence-corrected chi connectivity index (χ0v) is 12.7. The van der Waals surface area contributed by atoms with Crippen LogP contribution in [0.1, 0.15) is 5.56 Å². The molecule has 2 N–H and O–H groups in total.